The van der Waals surface area contributed by atoms with Crippen molar-refractivity contribution in [1.82, 2.24) is 0 Å². The molecule has 6 heteroatoms. The number of hydrogen-bond acceptors (Lipinski definition) is 5. The van der Waals surface area contributed by atoms with Gasteiger partial charge in [-0.2, -0.15) is 8.42 Å². The van der Waals surface area contributed by atoms with Crippen molar-refractivity contribution in [2.24, 2.45) is 0 Å². The predicted octanol–water partition coefficient (Wildman–Crippen LogP) is 2.23. The average molecular weight is 254 g/mol. The molecule has 0 fully saturated rings. The summed E-state index contributed by atoms with van der Waals surface area (Å²) < 4.78 is 27.8. The molecule has 0 aliphatic carbocycles. The first-order chi connectivity index (χ1) is 7.19. The summed E-state index contributed by atoms with van der Waals surface area (Å²) in [5.74, 6) is 0. The van der Waals surface area contributed by atoms with Crippen molar-refractivity contribution < 1.29 is 22.4 Å². The fourth-order valence-electron chi connectivity index (χ4n) is 0.675. The molecule has 0 radical (unpaired) electrons. The van der Waals surface area contributed by atoms with Crippen molar-refractivity contribution >= 4 is 10.1 Å². The third kappa shape index (κ3) is 7.16. The summed E-state index contributed by atoms with van der Waals surface area (Å²) in [6, 6.07) is 0. The molecule has 98 valence electrons. The van der Waals surface area contributed by atoms with Crippen molar-refractivity contribution in [3.05, 3.63) is 0 Å². The maximum Gasteiger partial charge on any atom is 0.297 e. The molecule has 0 spiro atoms. The van der Waals surface area contributed by atoms with Gasteiger partial charge in [0.1, 0.15) is 0 Å². The standard InChI is InChI=1S/C10H22O5S/c1-6-7-8-13-16(11,12)9(2)14-15-10(3,4)5/h9H,6-8H2,1-5H3. The van der Waals surface area contributed by atoms with Gasteiger partial charge in [-0.15, -0.1) is 0 Å². The van der Waals surface area contributed by atoms with Gasteiger partial charge in [0.15, 0.2) is 0 Å². The largest absolute Gasteiger partial charge is 0.297 e. The average Bonchev–Trinajstić information content (AvgIpc) is 2.13. The topological polar surface area (TPSA) is 61.8 Å². The highest BCUT2D eigenvalue weighted by atomic mass is 32.2. The quantitative estimate of drug-likeness (QED) is 0.302. The molecular formula is C10H22O5S. The summed E-state index contributed by atoms with van der Waals surface area (Å²) >= 11 is 0. The SMILES string of the molecule is CCCCOS(=O)(=O)C(C)OOC(C)(C)C. The van der Waals surface area contributed by atoms with Crippen molar-refractivity contribution in [3.8, 4) is 0 Å². The van der Waals surface area contributed by atoms with Gasteiger partial charge in [0, 0.05) is 0 Å². The van der Waals surface area contributed by atoms with E-state index in [0.717, 1.165) is 6.42 Å². The molecule has 1 atom stereocenters. The van der Waals surface area contributed by atoms with E-state index >= 15 is 0 Å². The summed E-state index contributed by atoms with van der Waals surface area (Å²) in [5, 5.41) is 0. The summed E-state index contributed by atoms with van der Waals surface area (Å²) in [5.41, 5.74) is -1.67. The van der Waals surface area contributed by atoms with E-state index < -0.39 is 21.2 Å². The third-order valence-corrected chi connectivity index (χ3v) is 2.97. The molecular weight excluding hydrogens is 232 g/mol. The summed E-state index contributed by atoms with van der Waals surface area (Å²) in [6.45, 7) is 8.83. The van der Waals surface area contributed by atoms with E-state index in [1.54, 1.807) is 20.8 Å². The Kier molecular flexibility index (Phi) is 6.47. The van der Waals surface area contributed by atoms with E-state index in [4.69, 9.17) is 14.0 Å². The van der Waals surface area contributed by atoms with E-state index in [1.807, 2.05) is 6.92 Å². The van der Waals surface area contributed by atoms with Gasteiger partial charge in [0.2, 0.25) is 5.44 Å². The van der Waals surface area contributed by atoms with Crippen LogP contribution in [0.4, 0.5) is 0 Å². The number of unbranched alkanes of at least 4 members (excludes halogenated alkanes) is 1. The van der Waals surface area contributed by atoms with Gasteiger partial charge < -0.3 is 0 Å². The Hall–Kier alpha value is -0.170. The molecule has 0 aromatic heterocycles. The lowest BCUT2D eigenvalue weighted by Crippen LogP contribution is -2.29. The Morgan fingerprint density at radius 2 is 1.81 bits per heavy atom. The molecule has 0 N–H and O–H groups in total. The first-order valence-electron chi connectivity index (χ1n) is 5.42. The monoisotopic (exact) mass is 254 g/mol. The molecule has 1 unspecified atom stereocenters. The molecule has 0 aliphatic rings. The molecule has 0 amide bonds. The zero-order valence-corrected chi connectivity index (χ0v) is 11.5. The van der Waals surface area contributed by atoms with Gasteiger partial charge in [-0.1, -0.05) is 13.3 Å². The van der Waals surface area contributed by atoms with Crippen LogP contribution in [0.15, 0.2) is 0 Å². The second-order valence-corrected chi connectivity index (χ2v) is 6.41. The molecule has 0 aromatic carbocycles. The minimum Gasteiger partial charge on any atom is -0.268 e. The van der Waals surface area contributed by atoms with Crippen molar-refractivity contribution in [3.63, 3.8) is 0 Å². The first-order valence-corrected chi connectivity index (χ1v) is 6.89. The van der Waals surface area contributed by atoms with Gasteiger partial charge >= 0.3 is 0 Å². The lowest BCUT2D eigenvalue weighted by molar-refractivity contribution is -0.355. The normalized spacial score (nSPS) is 15.1. The first kappa shape index (κ1) is 15.8. The number of hydrogen-bond donors (Lipinski definition) is 0. The van der Waals surface area contributed by atoms with E-state index in [-0.39, 0.29) is 6.61 Å². The lowest BCUT2D eigenvalue weighted by Gasteiger charge is -2.20. The van der Waals surface area contributed by atoms with Crippen LogP contribution >= 0.6 is 0 Å². The Bertz CT molecular complexity index is 278. The third-order valence-electron chi connectivity index (χ3n) is 1.59. The fourth-order valence-corrected chi connectivity index (χ4v) is 1.35. The van der Waals surface area contributed by atoms with Crippen LogP contribution in [0.3, 0.4) is 0 Å². The van der Waals surface area contributed by atoms with E-state index in [1.165, 1.54) is 6.92 Å². The second kappa shape index (κ2) is 6.54. The molecule has 0 saturated carbocycles. The minimum absolute atomic E-state index is 0.183. The van der Waals surface area contributed by atoms with Crippen LogP contribution in [0.5, 0.6) is 0 Å². The summed E-state index contributed by atoms with van der Waals surface area (Å²) in [7, 11) is -3.70. The highest BCUT2D eigenvalue weighted by Crippen LogP contribution is 2.13. The molecule has 0 saturated heterocycles. The zero-order valence-electron chi connectivity index (χ0n) is 10.6. The van der Waals surface area contributed by atoms with Gasteiger partial charge in [-0.3, -0.25) is 4.18 Å². The van der Waals surface area contributed by atoms with Gasteiger partial charge in [-0.25, -0.2) is 9.78 Å². The maximum atomic E-state index is 11.5. The van der Waals surface area contributed by atoms with Crippen LogP contribution < -0.4 is 0 Å². The lowest BCUT2D eigenvalue weighted by atomic mass is 10.2. The van der Waals surface area contributed by atoms with Crippen molar-refractivity contribution in [1.29, 1.82) is 0 Å². The van der Waals surface area contributed by atoms with Crippen LogP contribution in [-0.2, 0) is 24.1 Å². The fraction of sp³-hybridized carbons (Fsp3) is 1.00. The van der Waals surface area contributed by atoms with E-state index in [0.29, 0.717) is 6.42 Å². The smallest absolute Gasteiger partial charge is 0.268 e. The van der Waals surface area contributed by atoms with E-state index in [2.05, 4.69) is 0 Å². The molecule has 0 bridgehead atoms. The summed E-state index contributed by atoms with van der Waals surface area (Å²) in [4.78, 5) is 9.71. The highest BCUT2D eigenvalue weighted by molar-refractivity contribution is 7.87. The highest BCUT2D eigenvalue weighted by Gasteiger charge is 2.25. The Morgan fingerprint density at radius 1 is 1.25 bits per heavy atom. The van der Waals surface area contributed by atoms with Crippen molar-refractivity contribution in [2.45, 2.75) is 58.5 Å². The second-order valence-electron chi connectivity index (χ2n) is 4.53. The Balaban J connectivity index is 4.10. The van der Waals surface area contributed by atoms with Crippen LogP contribution in [0, 0.1) is 0 Å². The van der Waals surface area contributed by atoms with Gasteiger partial charge in [-0.05, 0) is 34.1 Å². The maximum absolute atomic E-state index is 11.5. The number of rotatable bonds is 7. The summed E-state index contributed by atoms with van der Waals surface area (Å²) in [6.07, 6.45) is 1.58. The van der Waals surface area contributed by atoms with Gasteiger partial charge in [0.25, 0.3) is 10.1 Å². The van der Waals surface area contributed by atoms with Gasteiger partial charge in [0.05, 0.1) is 12.2 Å². The molecule has 0 aliphatic heterocycles. The molecule has 0 aromatic rings. The van der Waals surface area contributed by atoms with Crippen molar-refractivity contribution in [2.75, 3.05) is 6.61 Å². The molecule has 5 nitrogen and oxygen atoms in total. The van der Waals surface area contributed by atoms with Crippen LogP contribution in [0.2, 0.25) is 0 Å². The minimum atomic E-state index is -3.70. The van der Waals surface area contributed by atoms with E-state index in [9.17, 15) is 8.42 Å². The van der Waals surface area contributed by atoms with Crippen LogP contribution in [0.25, 0.3) is 0 Å². The van der Waals surface area contributed by atoms with Crippen LogP contribution in [0.1, 0.15) is 47.5 Å². The molecule has 0 heterocycles. The predicted molar refractivity (Wildman–Crippen MR) is 61.2 cm³/mol. The molecule has 16 heavy (non-hydrogen) atoms. The Morgan fingerprint density at radius 3 is 2.25 bits per heavy atom. The Labute approximate surface area is 98.1 Å². The zero-order chi connectivity index (χ0) is 12.8. The molecule has 0 rings (SSSR count). The van der Waals surface area contributed by atoms with Crippen LogP contribution in [-0.4, -0.2) is 26.1 Å².